The molecule has 0 amide bonds. The summed E-state index contributed by atoms with van der Waals surface area (Å²) in [7, 11) is 0. The molecule has 1 aromatic rings. The summed E-state index contributed by atoms with van der Waals surface area (Å²) >= 11 is 6.13. The molecule has 3 heteroatoms. The number of alkyl halides is 1. The molecule has 0 aliphatic rings. The van der Waals surface area contributed by atoms with Crippen molar-refractivity contribution in [2.75, 3.05) is 0 Å². The van der Waals surface area contributed by atoms with E-state index in [0.29, 0.717) is 0 Å². The lowest BCUT2D eigenvalue weighted by Crippen LogP contribution is -2.14. The zero-order chi connectivity index (χ0) is 12.3. The number of benzene rings is 1. The number of halogens is 1. The van der Waals surface area contributed by atoms with Crippen LogP contribution in [0.4, 0.5) is 0 Å². The van der Waals surface area contributed by atoms with Crippen LogP contribution in [0, 0.1) is 0 Å². The van der Waals surface area contributed by atoms with E-state index in [1.165, 1.54) is 0 Å². The molecule has 0 saturated heterocycles. The number of carboxylic acids is 1. The van der Waals surface area contributed by atoms with Crippen LogP contribution in [0.15, 0.2) is 24.3 Å². The van der Waals surface area contributed by atoms with E-state index in [-0.39, 0.29) is 4.87 Å². The SMILES string of the molecule is C[C@H](C(=O)O)c1ccc(CC(C)(C)Cl)cc1. The fourth-order valence-corrected chi connectivity index (χ4v) is 1.71. The van der Waals surface area contributed by atoms with Gasteiger partial charge in [0, 0.05) is 4.87 Å². The number of carbonyl (C=O) groups is 1. The van der Waals surface area contributed by atoms with Crippen LogP contribution < -0.4 is 0 Å². The van der Waals surface area contributed by atoms with Crippen molar-refractivity contribution in [1.82, 2.24) is 0 Å². The van der Waals surface area contributed by atoms with E-state index < -0.39 is 11.9 Å². The normalized spacial score (nSPS) is 13.5. The molecular formula is C13H17ClO2. The summed E-state index contributed by atoms with van der Waals surface area (Å²) in [5, 5.41) is 8.87. The lowest BCUT2D eigenvalue weighted by molar-refractivity contribution is -0.138. The van der Waals surface area contributed by atoms with E-state index in [4.69, 9.17) is 16.7 Å². The summed E-state index contributed by atoms with van der Waals surface area (Å²) in [5.41, 5.74) is 1.95. The van der Waals surface area contributed by atoms with Gasteiger partial charge >= 0.3 is 5.97 Å². The third kappa shape index (κ3) is 3.86. The molecule has 1 atom stereocenters. The van der Waals surface area contributed by atoms with Crippen LogP contribution in [0.5, 0.6) is 0 Å². The highest BCUT2D eigenvalue weighted by Crippen LogP contribution is 2.22. The number of hydrogen-bond donors (Lipinski definition) is 1. The second-order valence-electron chi connectivity index (χ2n) is 4.70. The lowest BCUT2D eigenvalue weighted by atomic mass is 9.96. The molecule has 0 aromatic heterocycles. The van der Waals surface area contributed by atoms with Gasteiger partial charge in [-0.15, -0.1) is 11.6 Å². The molecule has 2 nitrogen and oxygen atoms in total. The summed E-state index contributed by atoms with van der Waals surface area (Å²) < 4.78 is 0. The van der Waals surface area contributed by atoms with Gasteiger partial charge in [0.2, 0.25) is 0 Å². The maximum Gasteiger partial charge on any atom is 0.310 e. The highest BCUT2D eigenvalue weighted by molar-refractivity contribution is 6.23. The Kier molecular flexibility index (Phi) is 3.98. The Morgan fingerprint density at radius 1 is 1.38 bits per heavy atom. The highest BCUT2D eigenvalue weighted by atomic mass is 35.5. The number of hydrogen-bond acceptors (Lipinski definition) is 1. The Morgan fingerprint density at radius 3 is 2.25 bits per heavy atom. The zero-order valence-electron chi connectivity index (χ0n) is 9.83. The van der Waals surface area contributed by atoms with Gasteiger partial charge in [-0.3, -0.25) is 4.79 Å². The summed E-state index contributed by atoms with van der Waals surface area (Å²) in [6, 6.07) is 7.60. The van der Waals surface area contributed by atoms with Crippen LogP contribution in [0.2, 0.25) is 0 Å². The first-order valence-electron chi connectivity index (χ1n) is 5.30. The van der Waals surface area contributed by atoms with Gasteiger partial charge in [0.15, 0.2) is 0 Å². The monoisotopic (exact) mass is 240 g/mol. The number of aliphatic carboxylic acids is 1. The van der Waals surface area contributed by atoms with E-state index in [9.17, 15) is 4.79 Å². The van der Waals surface area contributed by atoms with Gasteiger partial charge in [0.05, 0.1) is 5.92 Å². The second kappa shape index (κ2) is 4.88. The number of carboxylic acid groups (broad SMARTS) is 1. The third-order valence-electron chi connectivity index (χ3n) is 2.47. The maximum absolute atomic E-state index is 10.8. The van der Waals surface area contributed by atoms with Gasteiger partial charge < -0.3 is 5.11 Å². The van der Waals surface area contributed by atoms with Crippen LogP contribution in [-0.2, 0) is 11.2 Å². The average molecular weight is 241 g/mol. The Balaban J connectivity index is 2.79. The van der Waals surface area contributed by atoms with Crippen molar-refractivity contribution in [2.45, 2.75) is 38.0 Å². The molecule has 0 aliphatic heterocycles. The Bertz CT molecular complexity index is 363. The summed E-state index contributed by atoms with van der Waals surface area (Å²) in [6.45, 7) is 5.60. The van der Waals surface area contributed by atoms with Crippen LogP contribution in [0.25, 0.3) is 0 Å². The topological polar surface area (TPSA) is 37.3 Å². The van der Waals surface area contributed by atoms with Crippen LogP contribution in [-0.4, -0.2) is 16.0 Å². The Labute approximate surface area is 101 Å². The van der Waals surface area contributed by atoms with E-state index in [1.54, 1.807) is 6.92 Å². The van der Waals surface area contributed by atoms with Crippen molar-refractivity contribution in [3.05, 3.63) is 35.4 Å². The molecule has 0 radical (unpaired) electrons. The number of rotatable bonds is 4. The van der Waals surface area contributed by atoms with Crippen LogP contribution in [0.1, 0.15) is 37.8 Å². The molecule has 0 bridgehead atoms. The molecule has 0 fully saturated rings. The van der Waals surface area contributed by atoms with Gasteiger partial charge in [-0.2, -0.15) is 0 Å². The fourth-order valence-electron chi connectivity index (χ4n) is 1.55. The predicted molar refractivity (Wildman–Crippen MR) is 66.1 cm³/mol. The predicted octanol–water partition coefficient (Wildman–Crippen LogP) is 3.43. The van der Waals surface area contributed by atoms with Gasteiger partial charge in [-0.25, -0.2) is 0 Å². The molecular weight excluding hydrogens is 224 g/mol. The van der Waals surface area contributed by atoms with Crippen molar-refractivity contribution in [3.63, 3.8) is 0 Å². The van der Waals surface area contributed by atoms with Gasteiger partial charge in [0.1, 0.15) is 0 Å². The first-order chi connectivity index (χ1) is 7.29. The van der Waals surface area contributed by atoms with Crippen molar-refractivity contribution in [2.24, 2.45) is 0 Å². The third-order valence-corrected chi connectivity index (χ3v) is 2.61. The minimum absolute atomic E-state index is 0.264. The maximum atomic E-state index is 10.8. The minimum atomic E-state index is -0.801. The molecule has 0 heterocycles. The molecule has 0 spiro atoms. The molecule has 1 N–H and O–H groups in total. The minimum Gasteiger partial charge on any atom is -0.481 e. The summed E-state index contributed by atoms with van der Waals surface area (Å²) in [5.74, 6) is -1.26. The first-order valence-corrected chi connectivity index (χ1v) is 5.68. The first kappa shape index (κ1) is 13.0. The van der Waals surface area contributed by atoms with E-state index in [1.807, 2.05) is 38.1 Å². The smallest absolute Gasteiger partial charge is 0.310 e. The lowest BCUT2D eigenvalue weighted by Gasteiger charge is -2.16. The molecule has 1 aromatic carbocycles. The van der Waals surface area contributed by atoms with Crippen LogP contribution in [0.3, 0.4) is 0 Å². The quantitative estimate of drug-likeness (QED) is 0.819. The van der Waals surface area contributed by atoms with Crippen molar-refractivity contribution in [1.29, 1.82) is 0 Å². The standard InChI is InChI=1S/C13H17ClO2/c1-9(12(15)16)11-6-4-10(5-7-11)8-13(2,3)14/h4-7,9H,8H2,1-3H3,(H,15,16)/t9-/m0/s1. The Hall–Kier alpha value is -1.02. The van der Waals surface area contributed by atoms with Crippen molar-refractivity contribution in [3.8, 4) is 0 Å². The summed E-state index contributed by atoms with van der Waals surface area (Å²) in [4.78, 5) is 10.5. The Morgan fingerprint density at radius 2 is 1.88 bits per heavy atom. The molecule has 0 aliphatic carbocycles. The average Bonchev–Trinajstić information content (AvgIpc) is 2.15. The van der Waals surface area contributed by atoms with Crippen molar-refractivity contribution >= 4 is 17.6 Å². The second-order valence-corrected chi connectivity index (χ2v) is 5.72. The van der Waals surface area contributed by atoms with Crippen LogP contribution >= 0.6 is 11.6 Å². The zero-order valence-corrected chi connectivity index (χ0v) is 10.6. The van der Waals surface area contributed by atoms with Gasteiger partial charge in [-0.1, -0.05) is 24.3 Å². The fraction of sp³-hybridized carbons (Fsp3) is 0.462. The molecule has 88 valence electrons. The van der Waals surface area contributed by atoms with Gasteiger partial charge in [-0.05, 0) is 38.3 Å². The molecule has 16 heavy (non-hydrogen) atoms. The highest BCUT2D eigenvalue weighted by Gasteiger charge is 2.16. The molecule has 0 unspecified atom stereocenters. The largest absolute Gasteiger partial charge is 0.481 e. The molecule has 1 rings (SSSR count). The summed E-state index contributed by atoms with van der Waals surface area (Å²) in [6.07, 6.45) is 0.774. The van der Waals surface area contributed by atoms with E-state index >= 15 is 0 Å². The molecule has 0 saturated carbocycles. The van der Waals surface area contributed by atoms with E-state index in [2.05, 4.69) is 0 Å². The van der Waals surface area contributed by atoms with Gasteiger partial charge in [0.25, 0.3) is 0 Å². The van der Waals surface area contributed by atoms with E-state index in [0.717, 1.165) is 17.5 Å². The van der Waals surface area contributed by atoms with Crippen molar-refractivity contribution < 1.29 is 9.90 Å².